The van der Waals surface area contributed by atoms with E-state index in [2.05, 4.69) is 12.2 Å². The van der Waals surface area contributed by atoms with Crippen LogP contribution in [0, 0.1) is 5.92 Å². The maximum Gasteiger partial charge on any atom is 0.410 e. The van der Waals surface area contributed by atoms with E-state index in [4.69, 9.17) is 14.2 Å². The van der Waals surface area contributed by atoms with Crippen LogP contribution in [-0.2, 0) is 25.5 Å². The van der Waals surface area contributed by atoms with Gasteiger partial charge in [-0.1, -0.05) is 31.2 Å². The van der Waals surface area contributed by atoms with E-state index in [1.807, 2.05) is 75.9 Å². The number of rotatable bonds is 13. The first-order chi connectivity index (χ1) is 23.2. The fourth-order valence-corrected chi connectivity index (χ4v) is 6.64. The fourth-order valence-electron chi connectivity index (χ4n) is 6.64. The zero-order valence-corrected chi connectivity index (χ0v) is 30.4. The lowest BCUT2D eigenvalue weighted by atomic mass is 9.89. The second-order valence-corrected chi connectivity index (χ2v) is 14.3. The van der Waals surface area contributed by atoms with E-state index in [9.17, 15) is 19.2 Å². The van der Waals surface area contributed by atoms with Crippen LogP contribution < -0.4 is 10.1 Å². The van der Waals surface area contributed by atoms with Gasteiger partial charge in [0.15, 0.2) is 0 Å². The average Bonchev–Trinajstić information content (AvgIpc) is 3.45. The number of likely N-dealkylation sites (tertiary alicyclic amines) is 1. The van der Waals surface area contributed by atoms with Gasteiger partial charge in [-0.05, 0) is 76.8 Å². The number of ether oxygens (including phenoxy) is 3. The molecule has 11 nitrogen and oxygen atoms in total. The Morgan fingerprint density at radius 1 is 1.06 bits per heavy atom. The number of anilines is 1. The lowest BCUT2D eigenvalue weighted by Crippen LogP contribution is -2.51. The number of likely N-dealkylation sites (N-methyl/N-ethyl adjacent to an activating group) is 1. The molecule has 11 heteroatoms. The molecule has 1 N–H and O–H groups in total. The Morgan fingerprint density at radius 2 is 1.80 bits per heavy atom. The highest BCUT2D eigenvalue weighted by atomic mass is 16.6. The van der Waals surface area contributed by atoms with Crippen molar-refractivity contribution in [1.82, 2.24) is 14.7 Å². The van der Waals surface area contributed by atoms with Gasteiger partial charge in [-0.2, -0.15) is 0 Å². The quantitative estimate of drug-likeness (QED) is 0.269. The van der Waals surface area contributed by atoms with E-state index in [-0.39, 0.29) is 42.6 Å². The Kier molecular flexibility index (Phi) is 12.7. The van der Waals surface area contributed by atoms with Crippen LogP contribution in [0.15, 0.2) is 42.5 Å². The Hall–Kier alpha value is -4.12. The molecule has 1 unspecified atom stereocenters. The van der Waals surface area contributed by atoms with Crippen LogP contribution in [0.2, 0.25) is 0 Å². The van der Waals surface area contributed by atoms with Crippen molar-refractivity contribution in [2.45, 2.75) is 90.8 Å². The molecule has 2 aromatic rings. The first kappa shape index (κ1) is 37.7. The SMILES string of the molecule is CCc1ccc(C(=O)N(C[C@H]2CCN(C(=O)OC(C)(C)C)C2CN(C)C(=O)[C@H]2CC(=O)Nc3ccccc32)C(C)C)cc1OCCCOC. The third-order valence-corrected chi connectivity index (χ3v) is 9.21. The van der Waals surface area contributed by atoms with Crippen LogP contribution in [0.4, 0.5) is 10.5 Å². The molecule has 0 spiro atoms. The van der Waals surface area contributed by atoms with Crippen LogP contribution in [-0.4, -0.2) is 103 Å². The second kappa shape index (κ2) is 16.5. The first-order valence-corrected chi connectivity index (χ1v) is 17.4. The largest absolute Gasteiger partial charge is 0.493 e. The van der Waals surface area contributed by atoms with Crippen molar-refractivity contribution < 1.29 is 33.4 Å². The molecule has 0 radical (unpaired) electrons. The van der Waals surface area contributed by atoms with Gasteiger partial charge >= 0.3 is 6.09 Å². The molecule has 4 rings (SSSR count). The molecule has 0 aromatic heterocycles. The topological polar surface area (TPSA) is 118 Å². The summed E-state index contributed by atoms with van der Waals surface area (Å²) >= 11 is 0. The lowest BCUT2D eigenvalue weighted by molar-refractivity contribution is -0.134. The molecular formula is C38H54N4O7. The Balaban J connectivity index is 1.58. The third-order valence-electron chi connectivity index (χ3n) is 9.21. The van der Waals surface area contributed by atoms with Crippen molar-refractivity contribution in [2.75, 3.05) is 52.3 Å². The van der Waals surface area contributed by atoms with Crippen LogP contribution in [0.1, 0.15) is 88.2 Å². The number of amides is 4. The number of carbonyl (C=O) groups is 4. The van der Waals surface area contributed by atoms with Gasteiger partial charge in [-0.25, -0.2) is 4.79 Å². The molecule has 1 saturated heterocycles. The van der Waals surface area contributed by atoms with E-state index in [0.717, 1.165) is 24.0 Å². The van der Waals surface area contributed by atoms with E-state index in [1.165, 1.54) is 0 Å². The van der Waals surface area contributed by atoms with Gasteiger partial charge in [0, 0.05) is 76.5 Å². The molecule has 2 heterocycles. The van der Waals surface area contributed by atoms with E-state index in [0.29, 0.717) is 49.7 Å². The number of nitrogens with zero attached hydrogens (tertiary/aromatic N) is 3. The van der Waals surface area contributed by atoms with Crippen molar-refractivity contribution in [3.63, 3.8) is 0 Å². The maximum absolute atomic E-state index is 14.1. The smallest absolute Gasteiger partial charge is 0.410 e. The molecule has 3 atom stereocenters. The van der Waals surface area contributed by atoms with E-state index in [1.54, 1.807) is 30.0 Å². The highest BCUT2D eigenvalue weighted by Crippen LogP contribution is 2.35. The predicted molar refractivity (Wildman–Crippen MR) is 189 cm³/mol. The molecular weight excluding hydrogens is 624 g/mol. The number of benzene rings is 2. The normalized spacial score (nSPS) is 18.9. The number of hydrogen-bond donors (Lipinski definition) is 1. The molecule has 2 aromatic carbocycles. The van der Waals surface area contributed by atoms with Crippen LogP contribution in [0.3, 0.4) is 0 Å². The number of para-hydroxylation sites is 1. The molecule has 1 fully saturated rings. The Bertz CT molecular complexity index is 1490. The van der Waals surface area contributed by atoms with Crippen molar-refractivity contribution in [2.24, 2.45) is 5.92 Å². The standard InChI is InChI=1S/C38H54N4O7/c1-9-26-15-16-27(21-33(26)48-20-12-19-47-8)35(44)42(25(2)3)23-28-17-18-41(37(46)49-38(4,5)6)32(28)24-40(7)36(45)30-22-34(43)39-31-14-11-10-13-29(30)31/h10-11,13-16,21,25,28,30,32H,9,12,17-20,22-24H2,1-8H3,(H,39,43)/t28-,30+,32?/m1/s1. The minimum Gasteiger partial charge on any atom is -0.493 e. The summed E-state index contributed by atoms with van der Waals surface area (Å²) in [7, 11) is 3.37. The van der Waals surface area contributed by atoms with Gasteiger partial charge in [0.2, 0.25) is 11.8 Å². The Morgan fingerprint density at radius 3 is 2.47 bits per heavy atom. The summed E-state index contributed by atoms with van der Waals surface area (Å²) in [5, 5.41) is 2.86. The molecule has 0 saturated carbocycles. The molecule has 2 aliphatic heterocycles. The third kappa shape index (κ3) is 9.53. The number of nitrogens with one attached hydrogen (secondary N) is 1. The summed E-state index contributed by atoms with van der Waals surface area (Å²) in [6.07, 6.45) is 1.75. The van der Waals surface area contributed by atoms with Crippen molar-refractivity contribution in [3.8, 4) is 5.75 Å². The van der Waals surface area contributed by atoms with Crippen molar-refractivity contribution >= 4 is 29.5 Å². The monoisotopic (exact) mass is 678 g/mol. The van der Waals surface area contributed by atoms with Crippen LogP contribution in [0.25, 0.3) is 0 Å². The van der Waals surface area contributed by atoms with Gasteiger partial charge < -0.3 is 34.2 Å². The predicted octanol–water partition coefficient (Wildman–Crippen LogP) is 5.72. The molecule has 4 amide bonds. The highest BCUT2D eigenvalue weighted by molar-refractivity contribution is 6.01. The summed E-state index contributed by atoms with van der Waals surface area (Å²) in [5.41, 5.74) is 2.28. The van der Waals surface area contributed by atoms with E-state index >= 15 is 0 Å². The molecule has 49 heavy (non-hydrogen) atoms. The summed E-state index contributed by atoms with van der Waals surface area (Å²) in [5.74, 6) is -0.584. The number of fused-ring (bicyclic) bond motifs is 1. The van der Waals surface area contributed by atoms with Gasteiger partial charge in [0.1, 0.15) is 11.4 Å². The van der Waals surface area contributed by atoms with Gasteiger partial charge in [-0.3, -0.25) is 14.4 Å². The number of hydrogen-bond acceptors (Lipinski definition) is 7. The zero-order valence-electron chi connectivity index (χ0n) is 30.4. The van der Waals surface area contributed by atoms with Gasteiger partial charge in [0.05, 0.1) is 18.6 Å². The van der Waals surface area contributed by atoms with Crippen molar-refractivity contribution in [3.05, 3.63) is 59.2 Å². The van der Waals surface area contributed by atoms with E-state index < -0.39 is 23.7 Å². The Labute approximate surface area is 291 Å². The molecule has 2 aliphatic rings. The minimum atomic E-state index is -0.700. The summed E-state index contributed by atoms with van der Waals surface area (Å²) < 4.78 is 17.0. The van der Waals surface area contributed by atoms with Gasteiger partial charge in [-0.15, -0.1) is 0 Å². The van der Waals surface area contributed by atoms with Crippen LogP contribution in [0.5, 0.6) is 5.75 Å². The fraction of sp³-hybridized carbons (Fsp3) is 0.579. The highest BCUT2D eigenvalue weighted by Gasteiger charge is 2.43. The summed E-state index contributed by atoms with van der Waals surface area (Å²) in [6, 6.07) is 12.4. The van der Waals surface area contributed by atoms with Gasteiger partial charge in [0.25, 0.3) is 5.91 Å². The second-order valence-electron chi connectivity index (χ2n) is 14.3. The molecule has 0 aliphatic carbocycles. The number of methoxy groups -OCH3 is 1. The zero-order chi connectivity index (χ0) is 35.9. The first-order valence-electron chi connectivity index (χ1n) is 17.4. The summed E-state index contributed by atoms with van der Waals surface area (Å²) in [6.45, 7) is 13.6. The van der Waals surface area contributed by atoms with Crippen LogP contribution >= 0.6 is 0 Å². The number of carbonyl (C=O) groups excluding carboxylic acids is 4. The number of aryl methyl sites for hydroxylation is 1. The average molecular weight is 679 g/mol. The van der Waals surface area contributed by atoms with Crippen molar-refractivity contribution in [1.29, 1.82) is 0 Å². The molecule has 268 valence electrons. The molecule has 0 bridgehead atoms. The summed E-state index contributed by atoms with van der Waals surface area (Å²) in [4.78, 5) is 59.3. The lowest BCUT2D eigenvalue weighted by Gasteiger charge is -2.37. The minimum absolute atomic E-state index is 0.0502. The maximum atomic E-state index is 14.1.